The Hall–Kier alpha value is -3.90. The van der Waals surface area contributed by atoms with Crippen LogP contribution >= 0.6 is 0 Å². The molecule has 0 radical (unpaired) electrons. The second-order valence-corrected chi connectivity index (χ2v) is 18.7. The quantitative estimate of drug-likeness (QED) is 0.181. The van der Waals surface area contributed by atoms with Crippen LogP contribution in [0.25, 0.3) is 17.2 Å². The summed E-state index contributed by atoms with van der Waals surface area (Å²) in [6.45, 7) is 16.8. The number of rotatable bonds is 4. The molecule has 0 spiro atoms. The third-order valence-electron chi connectivity index (χ3n) is 13.2. The third-order valence-corrected chi connectivity index (χ3v) is 13.2. The van der Waals surface area contributed by atoms with Crippen molar-refractivity contribution >= 4 is 17.2 Å². The van der Waals surface area contributed by atoms with E-state index in [0.717, 1.165) is 29.6 Å². The van der Waals surface area contributed by atoms with E-state index in [1.165, 1.54) is 97.5 Å². The average Bonchev–Trinajstić information content (AvgIpc) is 3.63. The van der Waals surface area contributed by atoms with Crippen LogP contribution in [0.15, 0.2) is 103 Å². The molecule has 6 aliphatic rings. The molecule has 0 nitrogen and oxygen atoms in total. The van der Waals surface area contributed by atoms with Crippen LogP contribution in [-0.2, 0) is 10.8 Å². The molecular formula is C50H54. The minimum absolute atomic E-state index is 0.0710. The molecule has 1 atom stereocenters. The highest BCUT2D eigenvalue weighted by atomic mass is 14.5. The van der Waals surface area contributed by atoms with Gasteiger partial charge in [0.2, 0.25) is 0 Å². The van der Waals surface area contributed by atoms with Crippen molar-refractivity contribution in [2.75, 3.05) is 0 Å². The van der Waals surface area contributed by atoms with Gasteiger partial charge in [-0.05, 0) is 156 Å². The van der Waals surface area contributed by atoms with Gasteiger partial charge in [0.25, 0.3) is 0 Å². The zero-order valence-corrected chi connectivity index (χ0v) is 31.3. The molecule has 4 saturated carbocycles. The first-order chi connectivity index (χ1) is 23.9. The van der Waals surface area contributed by atoms with Gasteiger partial charge in [-0.2, -0.15) is 0 Å². The van der Waals surface area contributed by atoms with Crippen molar-refractivity contribution in [3.8, 4) is 0 Å². The summed E-state index contributed by atoms with van der Waals surface area (Å²) < 4.78 is 0. The second kappa shape index (κ2) is 11.6. The van der Waals surface area contributed by atoms with E-state index in [1.807, 2.05) is 0 Å². The van der Waals surface area contributed by atoms with E-state index >= 15 is 0 Å². The van der Waals surface area contributed by atoms with Crippen molar-refractivity contribution < 1.29 is 0 Å². The smallest absolute Gasteiger partial charge is 0.000197 e. The molecule has 0 saturated heterocycles. The van der Waals surface area contributed by atoms with Crippen LogP contribution in [0, 0.1) is 45.9 Å². The molecule has 4 fully saturated rings. The number of hydrogen-bond donors (Lipinski definition) is 0. The lowest BCUT2D eigenvalue weighted by molar-refractivity contribution is -0.0194. The van der Waals surface area contributed by atoms with Crippen LogP contribution in [0.1, 0.15) is 114 Å². The van der Waals surface area contributed by atoms with E-state index in [2.05, 4.69) is 152 Å². The summed E-state index contributed by atoms with van der Waals surface area (Å²) in [6.07, 6.45) is 15.3. The Bertz CT molecular complexity index is 2210. The number of fused-ring (bicyclic) bond motifs is 2. The summed E-state index contributed by atoms with van der Waals surface area (Å²) in [5.41, 5.74) is 12.9. The Morgan fingerprint density at radius 1 is 0.620 bits per heavy atom. The van der Waals surface area contributed by atoms with E-state index in [0.29, 0.717) is 5.92 Å². The van der Waals surface area contributed by atoms with Crippen LogP contribution in [0.4, 0.5) is 0 Å². The normalized spacial score (nSPS) is 26.3. The second-order valence-electron chi connectivity index (χ2n) is 18.7. The summed E-state index contributed by atoms with van der Waals surface area (Å²) >= 11 is 0. The van der Waals surface area contributed by atoms with Crippen molar-refractivity contribution in [2.24, 2.45) is 35.5 Å². The summed E-state index contributed by atoms with van der Waals surface area (Å²) in [5, 5.41) is 5.58. The van der Waals surface area contributed by atoms with Crippen LogP contribution in [0.2, 0.25) is 0 Å². The van der Waals surface area contributed by atoms with Gasteiger partial charge in [0, 0.05) is 5.92 Å². The lowest BCUT2D eigenvalue weighted by atomic mass is 9.50. The Kier molecular flexibility index (Phi) is 7.41. The monoisotopic (exact) mass is 654 g/mol. The van der Waals surface area contributed by atoms with Gasteiger partial charge in [-0.1, -0.05) is 139 Å². The van der Waals surface area contributed by atoms with E-state index in [1.54, 1.807) is 5.57 Å². The molecule has 0 heterocycles. The maximum atomic E-state index is 2.72. The molecule has 0 aliphatic heterocycles. The molecular weight excluding hydrogens is 601 g/mol. The first-order valence-electron chi connectivity index (χ1n) is 19.6. The molecule has 254 valence electrons. The minimum Gasteiger partial charge on any atom is -0.0737 e. The zero-order valence-electron chi connectivity index (χ0n) is 31.3. The van der Waals surface area contributed by atoms with Gasteiger partial charge in [-0.25, -0.2) is 0 Å². The fourth-order valence-corrected chi connectivity index (χ4v) is 11.1. The zero-order chi connectivity index (χ0) is 34.5. The predicted molar refractivity (Wildman–Crippen MR) is 211 cm³/mol. The van der Waals surface area contributed by atoms with Gasteiger partial charge in [0.05, 0.1) is 0 Å². The lowest BCUT2D eigenvalue weighted by Crippen LogP contribution is -2.45. The van der Waals surface area contributed by atoms with Crippen LogP contribution in [-0.4, -0.2) is 0 Å². The largest absolute Gasteiger partial charge is 0.0737 e. The van der Waals surface area contributed by atoms with Gasteiger partial charge >= 0.3 is 0 Å². The van der Waals surface area contributed by atoms with Gasteiger partial charge in [0.15, 0.2) is 0 Å². The molecule has 10 rings (SSSR count). The predicted octanol–water partition coefficient (Wildman–Crippen LogP) is 11.0. The van der Waals surface area contributed by atoms with Crippen molar-refractivity contribution in [1.29, 1.82) is 0 Å². The number of hydrogen-bond acceptors (Lipinski definition) is 0. The highest BCUT2D eigenvalue weighted by Gasteiger charge is 2.49. The standard InChI is InChI=1S/C50H54/c1-30-20-36(45-37-22-31-21-32(24-37)25-38(45)23-31)27-40(30)47-43-26-35-18-19-39(49(2,3)4)28-41(35)42(43)29-44(50(5,6)7)48(47)46(33-14-10-8-11-15-33)34-16-12-9-13-17-34/h8-20,26-32,37-38,45H,21-25H2,1-7H3. The summed E-state index contributed by atoms with van der Waals surface area (Å²) in [6, 6.07) is 32.3. The van der Waals surface area contributed by atoms with E-state index in [4.69, 9.17) is 0 Å². The topological polar surface area (TPSA) is 0 Å². The molecule has 50 heavy (non-hydrogen) atoms. The minimum atomic E-state index is -0.0710. The van der Waals surface area contributed by atoms with Crippen molar-refractivity contribution in [3.05, 3.63) is 157 Å². The molecule has 0 N–H and O–H groups in total. The highest BCUT2D eigenvalue weighted by Crippen LogP contribution is 2.59. The fourth-order valence-electron chi connectivity index (χ4n) is 11.1. The third kappa shape index (κ3) is 5.23. The van der Waals surface area contributed by atoms with Crippen LogP contribution in [0.3, 0.4) is 0 Å². The van der Waals surface area contributed by atoms with Gasteiger partial charge in [-0.15, -0.1) is 0 Å². The maximum absolute atomic E-state index is 2.72. The van der Waals surface area contributed by atoms with Gasteiger partial charge in [-0.3, -0.25) is 0 Å². The number of allylic oxidation sites excluding steroid dienone is 4. The lowest BCUT2D eigenvalue weighted by Gasteiger charge is -2.54. The Labute approximate surface area is 300 Å². The summed E-state index contributed by atoms with van der Waals surface area (Å²) in [5.74, 6) is 4.87. The number of benzene rings is 4. The fraction of sp³-hybridized carbons (Fsp3) is 0.400. The Morgan fingerprint density at radius 2 is 1.22 bits per heavy atom. The van der Waals surface area contributed by atoms with Gasteiger partial charge in [0.1, 0.15) is 0 Å². The Morgan fingerprint density at radius 3 is 1.78 bits per heavy atom. The summed E-state index contributed by atoms with van der Waals surface area (Å²) in [7, 11) is 0. The molecule has 4 aromatic rings. The first kappa shape index (κ1) is 32.0. The highest BCUT2D eigenvalue weighted by molar-refractivity contribution is 5.89. The van der Waals surface area contributed by atoms with Crippen LogP contribution < -0.4 is 10.4 Å². The average molecular weight is 655 g/mol. The molecule has 0 heteroatoms. The Balaban J connectivity index is 1.40. The molecule has 4 aromatic carbocycles. The van der Waals surface area contributed by atoms with Crippen molar-refractivity contribution in [2.45, 2.75) is 91.4 Å². The van der Waals surface area contributed by atoms with Crippen molar-refractivity contribution in [1.82, 2.24) is 0 Å². The molecule has 1 unspecified atom stereocenters. The molecule has 6 aliphatic carbocycles. The molecule has 0 amide bonds. The van der Waals surface area contributed by atoms with Crippen LogP contribution in [0.5, 0.6) is 0 Å². The molecule has 4 bridgehead atoms. The summed E-state index contributed by atoms with van der Waals surface area (Å²) in [4.78, 5) is 0. The van der Waals surface area contributed by atoms with E-state index in [-0.39, 0.29) is 10.8 Å². The SMILES string of the molecule is CC1C=C(C2C3CC4CC(C3)CC2C4)C=C1c1c2c(cc(C(C)(C)C)c1=C(c1ccccc1)c1ccccc1)=c1cc(C(C)(C)C)ccc1=C2. The van der Waals surface area contributed by atoms with E-state index in [9.17, 15) is 0 Å². The first-order valence-corrected chi connectivity index (χ1v) is 19.6. The van der Waals surface area contributed by atoms with Crippen molar-refractivity contribution in [3.63, 3.8) is 0 Å². The maximum Gasteiger partial charge on any atom is 0.000197 e. The van der Waals surface area contributed by atoms with E-state index < -0.39 is 0 Å². The molecule has 0 aromatic heterocycles. The van der Waals surface area contributed by atoms with Gasteiger partial charge < -0.3 is 0 Å².